The number of amides is 1. The Balaban J connectivity index is 1.41. The lowest BCUT2D eigenvalue weighted by molar-refractivity contribution is -0.118. The van der Waals surface area contributed by atoms with Gasteiger partial charge in [0.25, 0.3) is 0 Å². The van der Waals surface area contributed by atoms with Crippen LogP contribution in [0.4, 0.5) is 0 Å². The van der Waals surface area contributed by atoms with Crippen LogP contribution in [0.5, 0.6) is 5.75 Å². The molecule has 6 nitrogen and oxygen atoms in total. The summed E-state index contributed by atoms with van der Waals surface area (Å²) >= 11 is 3.03. The first-order valence-corrected chi connectivity index (χ1v) is 11.8. The van der Waals surface area contributed by atoms with E-state index in [-0.39, 0.29) is 11.3 Å². The monoisotopic (exact) mass is 444 g/mol. The van der Waals surface area contributed by atoms with Gasteiger partial charge in [0.05, 0.1) is 17.2 Å². The smallest absolute Gasteiger partial charge is 0.230 e. The first kappa shape index (κ1) is 22.4. The minimum absolute atomic E-state index is 0.0463. The lowest BCUT2D eigenvalue weighted by Gasteiger charge is -2.19. The first-order valence-electron chi connectivity index (χ1n) is 9.98. The molecule has 1 N–H and O–H groups in total. The normalized spacial score (nSPS) is 11.5. The highest BCUT2D eigenvalue weighted by molar-refractivity contribution is 7.99. The highest BCUT2D eigenvalue weighted by atomic mass is 32.2. The Bertz CT molecular complexity index is 945. The number of hydrogen-bond acceptors (Lipinski definition) is 6. The van der Waals surface area contributed by atoms with Gasteiger partial charge in [0.1, 0.15) is 12.4 Å². The zero-order valence-electron chi connectivity index (χ0n) is 17.8. The van der Waals surface area contributed by atoms with Gasteiger partial charge in [-0.3, -0.25) is 4.79 Å². The minimum atomic E-state index is -0.0463. The summed E-state index contributed by atoms with van der Waals surface area (Å²) in [5.74, 6) is 1.91. The number of thioether (sulfide) groups is 1. The van der Waals surface area contributed by atoms with Gasteiger partial charge in [-0.15, -0.1) is 21.5 Å². The van der Waals surface area contributed by atoms with Crippen LogP contribution in [0.15, 0.2) is 46.9 Å². The highest BCUT2D eigenvalue weighted by Gasteiger charge is 2.15. The number of carbonyl (C=O) groups excluding carboxylic acids is 1. The molecule has 0 aliphatic heterocycles. The second-order valence-corrected chi connectivity index (χ2v) is 9.68. The van der Waals surface area contributed by atoms with Crippen LogP contribution < -0.4 is 10.1 Å². The van der Waals surface area contributed by atoms with Gasteiger partial charge < -0.3 is 14.6 Å². The van der Waals surface area contributed by atoms with E-state index < -0.39 is 0 Å². The minimum Gasteiger partial charge on any atom is -0.492 e. The third-order valence-electron chi connectivity index (χ3n) is 4.52. The van der Waals surface area contributed by atoms with Crippen molar-refractivity contribution in [3.8, 4) is 16.5 Å². The summed E-state index contributed by atoms with van der Waals surface area (Å²) in [6.45, 7) is 10.2. The molecule has 0 atom stereocenters. The van der Waals surface area contributed by atoms with E-state index in [2.05, 4.69) is 55.3 Å². The molecular weight excluding hydrogens is 416 g/mol. The second kappa shape index (κ2) is 10.1. The van der Waals surface area contributed by atoms with Gasteiger partial charge in [-0.25, -0.2) is 0 Å². The molecule has 3 rings (SSSR count). The van der Waals surface area contributed by atoms with E-state index in [1.54, 1.807) is 11.3 Å². The lowest BCUT2D eigenvalue weighted by Crippen LogP contribution is -2.29. The van der Waals surface area contributed by atoms with Gasteiger partial charge in [-0.05, 0) is 41.5 Å². The zero-order chi connectivity index (χ0) is 21.6. The second-order valence-electron chi connectivity index (χ2n) is 7.79. The van der Waals surface area contributed by atoms with Gasteiger partial charge in [-0.1, -0.05) is 50.7 Å². The summed E-state index contributed by atoms with van der Waals surface area (Å²) in [6.07, 6.45) is 0. The van der Waals surface area contributed by atoms with E-state index in [9.17, 15) is 4.79 Å². The van der Waals surface area contributed by atoms with E-state index in [4.69, 9.17) is 4.74 Å². The molecule has 2 heterocycles. The Morgan fingerprint density at radius 3 is 2.60 bits per heavy atom. The maximum absolute atomic E-state index is 12.2. The maximum atomic E-state index is 12.2. The molecule has 3 aromatic rings. The Morgan fingerprint density at radius 2 is 1.97 bits per heavy atom. The van der Waals surface area contributed by atoms with Crippen molar-refractivity contribution in [2.75, 3.05) is 18.9 Å². The number of aromatic nitrogens is 3. The number of hydrogen-bond donors (Lipinski definition) is 1. The molecule has 160 valence electrons. The van der Waals surface area contributed by atoms with E-state index >= 15 is 0 Å². The lowest BCUT2D eigenvalue weighted by atomic mass is 9.87. The molecule has 1 aromatic carbocycles. The summed E-state index contributed by atoms with van der Waals surface area (Å²) < 4.78 is 7.76. The molecule has 0 bridgehead atoms. The Labute approximate surface area is 186 Å². The molecule has 0 spiro atoms. The molecule has 0 fully saturated rings. The number of thiophene rings is 1. The Hall–Kier alpha value is -2.32. The van der Waals surface area contributed by atoms with Crippen molar-refractivity contribution in [1.29, 1.82) is 0 Å². The number of carbonyl (C=O) groups is 1. The predicted octanol–water partition coefficient (Wildman–Crippen LogP) is 4.61. The highest BCUT2D eigenvalue weighted by Crippen LogP contribution is 2.27. The number of nitrogens with one attached hydrogen (secondary N) is 1. The van der Waals surface area contributed by atoms with Crippen LogP contribution in [0.2, 0.25) is 0 Å². The molecule has 0 saturated heterocycles. The summed E-state index contributed by atoms with van der Waals surface area (Å²) in [4.78, 5) is 13.3. The average molecular weight is 445 g/mol. The third kappa shape index (κ3) is 5.86. The van der Waals surface area contributed by atoms with Gasteiger partial charge in [0.15, 0.2) is 11.0 Å². The SMILES string of the molecule is CCn1c(SCC(=O)NCCOc2ccc(C(C)(C)C)cc2)nnc1-c1cccs1. The van der Waals surface area contributed by atoms with E-state index in [0.717, 1.165) is 28.2 Å². The van der Waals surface area contributed by atoms with Gasteiger partial charge in [0.2, 0.25) is 5.91 Å². The van der Waals surface area contributed by atoms with Crippen LogP contribution in [0.1, 0.15) is 33.3 Å². The van der Waals surface area contributed by atoms with Crippen LogP contribution >= 0.6 is 23.1 Å². The van der Waals surface area contributed by atoms with Crippen molar-refractivity contribution < 1.29 is 9.53 Å². The van der Waals surface area contributed by atoms with Crippen molar-refractivity contribution >= 4 is 29.0 Å². The topological polar surface area (TPSA) is 69.0 Å². The van der Waals surface area contributed by atoms with E-state index in [0.29, 0.717) is 18.9 Å². The van der Waals surface area contributed by atoms with E-state index in [1.807, 2.05) is 34.2 Å². The van der Waals surface area contributed by atoms with Crippen LogP contribution in [0, 0.1) is 0 Å². The first-order chi connectivity index (χ1) is 14.4. The quantitative estimate of drug-likeness (QED) is 0.385. The Kier molecular flexibility index (Phi) is 7.55. The van der Waals surface area contributed by atoms with Crippen molar-refractivity contribution in [3.63, 3.8) is 0 Å². The third-order valence-corrected chi connectivity index (χ3v) is 6.35. The Morgan fingerprint density at radius 1 is 1.20 bits per heavy atom. The summed E-state index contributed by atoms with van der Waals surface area (Å²) in [5.41, 5.74) is 1.39. The zero-order valence-corrected chi connectivity index (χ0v) is 19.5. The standard InChI is InChI=1S/C22H28N4O2S2/c1-5-26-20(18-7-6-14-29-18)24-25-21(26)30-15-19(27)23-12-13-28-17-10-8-16(9-11-17)22(2,3)4/h6-11,14H,5,12-13,15H2,1-4H3,(H,23,27). The van der Waals surface area contributed by atoms with Gasteiger partial charge >= 0.3 is 0 Å². The molecule has 0 aliphatic carbocycles. The fourth-order valence-electron chi connectivity index (χ4n) is 2.86. The summed E-state index contributed by atoms with van der Waals surface area (Å²) in [6, 6.07) is 12.1. The number of ether oxygens (including phenoxy) is 1. The van der Waals surface area contributed by atoms with Gasteiger partial charge in [0, 0.05) is 6.54 Å². The van der Waals surface area contributed by atoms with Crippen molar-refractivity contribution in [1.82, 2.24) is 20.1 Å². The molecule has 30 heavy (non-hydrogen) atoms. The van der Waals surface area contributed by atoms with Crippen LogP contribution in [-0.4, -0.2) is 39.6 Å². The van der Waals surface area contributed by atoms with Crippen LogP contribution in [0.25, 0.3) is 10.7 Å². The molecule has 8 heteroatoms. The van der Waals surface area contributed by atoms with Crippen molar-refractivity contribution in [3.05, 3.63) is 47.3 Å². The molecule has 0 saturated carbocycles. The van der Waals surface area contributed by atoms with Crippen LogP contribution in [-0.2, 0) is 16.8 Å². The number of nitrogens with zero attached hydrogens (tertiary/aromatic N) is 3. The molecular formula is C22H28N4O2S2. The number of rotatable bonds is 9. The fourth-order valence-corrected chi connectivity index (χ4v) is 4.41. The molecule has 0 aliphatic rings. The van der Waals surface area contributed by atoms with E-state index in [1.165, 1.54) is 17.3 Å². The maximum Gasteiger partial charge on any atom is 0.230 e. The van der Waals surface area contributed by atoms with Crippen molar-refractivity contribution in [2.45, 2.75) is 44.8 Å². The molecule has 2 aromatic heterocycles. The van der Waals surface area contributed by atoms with Crippen molar-refractivity contribution in [2.24, 2.45) is 0 Å². The molecule has 1 amide bonds. The van der Waals surface area contributed by atoms with Crippen LogP contribution in [0.3, 0.4) is 0 Å². The summed E-state index contributed by atoms with van der Waals surface area (Å²) in [5, 5.41) is 14.2. The van der Waals surface area contributed by atoms with Gasteiger partial charge in [-0.2, -0.15) is 0 Å². The summed E-state index contributed by atoms with van der Waals surface area (Å²) in [7, 11) is 0. The molecule has 0 unspecified atom stereocenters. The fraction of sp³-hybridized carbons (Fsp3) is 0.409. The number of benzene rings is 1. The predicted molar refractivity (Wildman–Crippen MR) is 123 cm³/mol. The largest absolute Gasteiger partial charge is 0.492 e. The molecule has 0 radical (unpaired) electrons. The average Bonchev–Trinajstić information content (AvgIpc) is 3.38.